The largest absolute Gasteiger partial charge is 0.465 e. The van der Waals surface area contributed by atoms with E-state index in [-0.39, 0.29) is 21.9 Å². The Morgan fingerprint density at radius 3 is 2.95 bits per heavy atom. The molecule has 0 amide bonds. The van der Waals surface area contributed by atoms with Crippen LogP contribution in [0, 0.1) is 0 Å². The fourth-order valence-corrected chi connectivity index (χ4v) is 6.20. The number of hydrogen-bond donors (Lipinski definition) is 0. The maximum Gasteiger partial charge on any atom is 0.349 e. The molecule has 0 N–H and O–H groups in total. The van der Waals surface area contributed by atoms with Gasteiger partial charge in [0, 0.05) is 6.54 Å². The van der Waals surface area contributed by atoms with E-state index >= 15 is 0 Å². The summed E-state index contributed by atoms with van der Waals surface area (Å²) in [6.07, 6.45) is 3.74. The Kier molecular flexibility index (Phi) is 4.54. The first kappa shape index (κ1) is 15.9. The zero-order valence-electron chi connectivity index (χ0n) is 12.4. The highest BCUT2D eigenvalue weighted by atomic mass is 32.2. The minimum Gasteiger partial charge on any atom is -0.465 e. The van der Waals surface area contributed by atoms with E-state index in [1.165, 1.54) is 17.5 Å². The van der Waals surface area contributed by atoms with Crippen molar-refractivity contribution >= 4 is 27.3 Å². The van der Waals surface area contributed by atoms with Gasteiger partial charge in [-0.15, -0.1) is 11.3 Å². The molecule has 1 saturated heterocycles. The Morgan fingerprint density at radius 2 is 2.18 bits per heavy atom. The van der Waals surface area contributed by atoms with Gasteiger partial charge in [-0.3, -0.25) is 0 Å². The lowest BCUT2D eigenvalue weighted by Gasteiger charge is -2.42. The lowest BCUT2D eigenvalue weighted by Crippen LogP contribution is -2.54. The number of sulfonamides is 1. The second-order valence-corrected chi connectivity index (χ2v) is 8.26. The third-order valence-electron chi connectivity index (χ3n) is 4.27. The summed E-state index contributed by atoms with van der Waals surface area (Å²) in [5, 5.41) is 1.61. The van der Waals surface area contributed by atoms with Gasteiger partial charge in [0.15, 0.2) is 0 Å². The maximum absolute atomic E-state index is 13.0. The van der Waals surface area contributed by atoms with Gasteiger partial charge in [0.1, 0.15) is 9.77 Å². The number of morpholine rings is 1. The van der Waals surface area contributed by atoms with Gasteiger partial charge in [-0.25, -0.2) is 13.2 Å². The lowest BCUT2D eigenvalue weighted by molar-refractivity contribution is -0.0586. The molecular weight excluding hydrogens is 326 g/mol. The van der Waals surface area contributed by atoms with Crippen molar-refractivity contribution in [2.75, 3.05) is 20.3 Å². The van der Waals surface area contributed by atoms with E-state index in [0.29, 0.717) is 13.2 Å². The van der Waals surface area contributed by atoms with E-state index in [1.807, 2.05) is 0 Å². The molecule has 2 heterocycles. The lowest BCUT2D eigenvalue weighted by atomic mass is 9.91. The molecule has 2 atom stereocenters. The molecule has 3 rings (SSSR count). The molecule has 2 aliphatic rings. The molecule has 2 fully saturated rings. The third kappa shape index (κ3) is 2.68. The van der Waals surface area contributed by atoms with Gasteiger partial charge in [0.25, 0.3) is 0 Å². The predicted octanol–water partition coefficient (Wildman–Crippen LogP) is 1.87. The number of methoxy groups -OCH3 is 1. The van der Waals surface area contributed by atoms with Crippen LogP contribution >= 0.6 is 11.3 Å². The van der Waals surface area contributed by atoms with Crippen molar-refractivity contribution in [1.82, 2.24) is 4.31 Å². The predicted molar refractivity (Wildman–Crippen MR) is 81.5 cm³/mol. The van der Waals surface area contributed by atoms with Crippen molar-refractivity contribution in [3.63, 3.8) is 0 Å². The van der Waals surface area contributed by atoms with Crippen molar-refractivity contribution < 1.29 is 22.7 Å². The summed E-state index contributed by atoms with van der Waals surface area (Å²) in [6.45, 7) is 0.734. The molecule has 1 aliphatic heterocycles. The van der Waals surface area contributed by atoms with Crippen molar-refractivity contribution in [3.05, 3.63) is 16.3 Å². The molecule has 0 bridgehead atoms. The molecule has 0 unspecified atom stereocenters. The molecule has 122 valence electrons. The Morgan fingerprint density at radius 1 is 1.41 bits per heavy atom. The number of thiophene rings is 1. The number of rotatable bonds is 3. The zero-order valence-corrected chi connectivity index (χ0v) is 14.0. The van der Waals surface area contributed by atoms with Crippen LogP contribution in [0.3, 0.4) is 0 Å². The van der Waals surface area contributed by atoms with E-state index in [9.17, 15) is 13.2 Å². The number of hydrogen-bond acceptors (Lipinski definition) is 6. The number of carbonyl (C=O) groups excluding carboxylic acids is 1. The molecule has 1 aromatic heterocycles. The topological polar surface area (TPSA) is 72.9 Å². The minimum absolute atomic E-state index is 0.0301. The molecule has 1 aromatic rings. The van der Waals surface area contributed by atoms with Gasteiger partial charge in [0.05, 0.1) is 25.9 Å². The van der Waals surface area contributed by atoms with E-state index in [1.54, 1.807) is 5.38 Å². The zero-order chi connectivity index (χ0) is 15.7. The van der Waals surface area contributed by atoms with Crippen LogP contribution in [0.15, 0.2) is 16.3 Å². The second kappa shape index (κ2) is 6.27. The molecule has 0 aromatic carbocycles. The van der Waals surface area contributed by atoms with Gasteiger partial charge in [-0.2, -0.15) is 4.31 Å². The summed E-state index contributed by atoms with van der Waals surface area (Å²) in [5.41, 5.74) is 0. The summed E-state index contributed by atoms with van der Waals surface area (Å²) < 4.78 is 38.0. The number of nitrogens with zero attached hydrogens (tertiary/aromatic N) is 1. The molecule has 1 saturated carbocycles. The average molecular weight is 345 g/mol. The molecule has 6 nitrogen and oxygen atoms in total. The van der Waals surface area contributed by atoms with Crippen molar-refractivity contribution in [3.8, 4) is 0 Å². The van der Waals surface area contributed by atoms with Gasteiger partial charge in [-0.1, -0.05) is 12.8 Å². The van der Waals surface area contributed by atoms with E-state index in [2.05, 4.69) is 4.74 Å². The Bertz CT molecular complexity index is 652. The number of carbonyl (C=O) groups is 1. The van der Waals surface area contributed by atoms with Crippen LogP contribution in [-0.4, -0.2) is 51.1 Å². The van der Waals surface area contributed by atoms with Gasteiger partial charge < -0.3 is 9.47 Å². The van der Waals surface area contributed by atoms with Crippen LogP contribution in [0.25, 0.3) is 0 Å². The summed E-state index contributed by atoms with van der Waals surface area (Å²) in [5.74, 6) is -0.609. The fourth-order valence-electron chi connectivity index (χ4n) is 3.23. The Labute approximate surface area is 134 Å². The van der Waals surface area contributed by atoms with E-state index in [4.69, 9.17) is 4.74 Å². The molecule has 0 radical (unpaired) electrons. The fraction of sp³-hybridized carbons (Fsp3) is 0.643. The van der Waals surface area contributed by atoms with Crippen molar-refractivity contribution in [2.45, 2.75) is 42.7 Å². The summed E-state index contributed by atoms with van der Waals surface area (Å²) in [6, 6.07) is 1.36. The maximum atomic E-state index is 13.0. The smallest absolute Gasteiger partial charge is 0.349 e. The quantitative estimate of drug-likeness (QED) is 0.782. The first-order valence-corrected chi connectivity index (χ1v) is 9.67. The molecule has 22 heavy (non-hydrogen) atoms. The standard InChI is InChI=1S/C14H19NO5S2/c1-19-14(16)13-12(6-9-21-13)22(17,18)15-7-8-20-11-5-3-2-4-10(11)15/h6,9-11H,2-5,7-8H2,1H3/t10-,11+/m0/s1. The number of esters is 1. The third-order valence-corrected chi connectivity index (χ3v) is 7.26. The van der Waals surface area contributed by atoms with Gasteiger partial charge >= 0.3 is 5.97 Å². The van der Waals surface area contributed by atoms with Crippen LogP contribution in [-0.2, 0) is 19.5 Å². The number of ether oxygens (including phenoxy) is 2. The summed E-state index contributed by atoms with van der Waals surface area (Å²) >= 11 is 1.09. The Hall–Kier alpha value is -0.960. The van der Waals surface area contributed by atoms with Crippen LogP contribution in [0.1, 0.15) is 35.4 Å². The molecule has 1 aliphatic carbocycles. The first-order chi connectivity index (χ1) is 10.6. The Balaban J connectivity index is 1.95. The van der Waals surface area contributed by atoms with Crippen LogP contribution < -0.4 is 0 Å². The van der Waals surface area contributed by atoms with E-state index in [0.717, 1.165) is 37.0 Å². The number of fused-ring (bicyclic) bond motifs is 1. The summed E-state index contributed by atoms with van der Waals surface area (Å²) in [4.78, 5) is 12.0. The van der Waals surface area contributed by atoms with Crippen LogP contribution in [0.5, 0.6) is 0 Å². The molecular formula is C14H19NO5S2. The second-order valence-electron chi connectivity index (χ2n) is 5.48. The van der Waals surface area contributed by atoms with Gasteiger partial charge in [-0.05, 0) is 24.3 Å². The normalized spacial score (nSPS) is 26.4. The van der Waals surface area contributed by atoms with E-state index < -0.39 is 16.0 Å². The van der Waals surface area contributed by atoms with Gasteiger partial charge in [0.2, 0.25) is 10.0 Å². The van der Waals surface area contributed by atoms with Crippen molar-refractivity contribution in [2.24, 2.45) is 0 Å². The average Bonchev–Trinajstić information content (AvgIpc) is 3.04. The minimum atomic E-state index is -3.71. The highest BCUT2D eigenvalue weighted by molar-refractivity contribution is 7.89. The molecule has 0 spiro atoms. The SMILES string of the molecule is COC(=O)c1sccc1S(=O)(=O)N1CCO[C@@H]2CCCC[C@@H]21. The highest BCUT2D eigenvalue weighted by Crippen LogP contribution is 2.34. The summed E-state index contributed by atoms with van der Waals surface area (Å²) in [7, 11) is -2.46. The van der Waals surface area contributed by atoms with Crippen LogP contribution in [0.4, 0.5) is 0 Å². The monoisotopic (exact) mass is 345 g/mol. The molecule has 8 heteroatoms. The highest BCUT2D eigenvalue weighted by Gasteiger charge is 2.42. The van der Waals surface area contributed by atoms with Crippen LogP contribution in [0.2, 0.25) is 0 Å². The first-order valence-electron chi connectivity index (χ1n) is 7.35. The van der Waals surface area contributed by atoms with Crippen molar-refractivity contribution in [1.29, 1.82) is 0 Å².